The molecule has 0 amide bonds. The molecule has 9 unspecified atom stereocenters. The number of hydrogen-bond acceptors (Lipinski definition) is 0. The van der Waals surface area contributed by atoms with Gasteiger partial charge in [0, 0.05) is 0 Å². The van der Waals surface area contributed by atoms with Crippen molar-refractivity contribution in [3.05, 3.63) is 0 Å². The molecule has 5 aliphatic carbocycles. The van der Waals surface area contributed by atoms with Crippen molar-refractivity contribution < 1.29 is 0 Å². The lowest BCUT2D eigenvalue weighted by atomic mass is 9.38. The zero-order chi connectivity index (χ0) is 60.0. The molecular formula is C88H188. The summed E-state index contributed by atoms with van der Waals surface area (Å²) in [5.74, 6) is 17.0. The minimum Gasteiger partial charge on any atom is -0.0776 e. The summed E-state index contributed by atoms with van der Waals surface area (Å²) in [6.07, 6.45) is 49.6. The third kappa shape index (κ3) is 32.2. The Kier molecular flexibility index (Phi) is 54.8. The first-order chi connectivity index (χ1) is 37.5. The van der Waals surface area contributed by atoms with Crippen molar-refractivity contribution in [3.8, 4) is 0 Å². The standard InChI is InChI=1S/C62H120.2C9H18.8CH4/c1-20-22-48(10)35-49(11)36-50(12)37-51(13)38-52(14)39-59(15,16)61(18,42-54-25-31-57(32-26-54)45(5)6)62(19,43-55-27-33-58(34-28-55)46(7)8)60(17,40-47(9)21-2)41-53-23-29-56(30-24-53)44(3)4;2*1-8(2)9-6-4-3-5-7-9;;;;;;;;/h44-58H,20-43H2,1-19H3;2*8-9H,3-7H2,1-2H3;8*1H4. The van der Waals surface area contributed by atoms with E-state index in [2.05, 4.69) is 159 Å². The lowest BCUT2D eigenvalue weighted by Crippen LogP contribution is -2.58. The van der Waals surface area contributed by atoms with Crippen LogP contribution in [0.15, 0.2) is 0 Å². The minimum absolute atomic E-state index is 0. The van der Waals surface area contributed by atoms with E-state index in [1.54, 1.807) is 0 Å². The van der Waals surface area contributed by atoms with Gasteiger partial charge < -0.3 is 0 Å². The molecule has 88 heavy (non-hydrogen) atoms. The van der Waals surface area contributed by atoms with E-state index in [4.69, 9.17) is 0 Å². The van der Waals surface area contributed by atoms with Gasteiger partial charge in [-0.3, -0.25) is 0 Å². The van der Waals surface area contributed by atoms with Gasteiger partial charge in [0.15, 0.2) is 0 Å². The summed E-state index contributed by atoms with van der Waals surface area (Å²) in [4.78, 5) is 0. The highest BCUT2D eigenvalue weighted by Crippen LogP contribution is 2.70. The molecule has 0 aromatic carbocycles. The first-order valence-electron chi connectivity index (χ1n) is 37.5. The first-order valence-corrected chi connectivity index (χ1v) is 37.5. The van der Waals surface area contributed by atoms with Gasteiger partial charge >= 0.3 is 0 Å². The largest absolute Gasteiger partial charge is 0.0776 e. The Labute approximate surface area is 568 Å². The maximum absolute atomic E-state index is 3.00. The monoisotopic (exact) mass is 1250 g/mol. The van der Waals surface area contributed by atoms with Crippen LogP contribution in [0.2, 0.25) is 0 Å². The van der Waals surface area contributed by atoms with Crippen LogP contribution in [-0.4, -0.2) is 0 Å². The highest BCUT2D eigenvalue weighted by Gasteiger charge is 2.62. The summed E-state index contributed by atoms with van der Waals surface area (Å²) in [6.45, 7) is 59.6. The van der Waals surface area contributed by atoms with E-state index < -0.39 is 0 Å². The summed E-state index contributed by atoms with van der Waals surface area (Å²) < 4.78 is 0. The van der Waals surface area contributed by atoms with Crippen molar-refractivity contribution in [1.29, 1.82) is 0 Å². The van der Waals surface area contributed by atoms with E-state index in [1.807, 2.05) is 0 Å². The fraction of sp³-hybridized carbons (Fsp3) is 1.00. The van der Waals surface area contributed by atoms with Gasteiger partial charge in [-0.1, -0.05) is 341 Å². The molecule has 0 N–H and O–H groups in total. The average molecular weight is 1250 g/mol. The van der Waals surface area contributed by atoms with E-state index in [9.17, 15) is 0 Å². The normalized spacial score (nSPS) is 26.0. The molecule has 0 saturated heterocycles. The quantitative estimate of drug-likeness (QED) is 0.0700. The molecule has 0 aromatic rings. The molecule has 0 aromatic heterocycles. The Bertz CT molecular complexity index is 1500. The van der Waals surface area contributed by atoms with Gasteiger partial charge in [0.1, 0.15) is 0 Å². The Hall–Kier alpha value is 0. The van der Waals surface area contributed by atoms with Crippen LogP contribution in [0.5, 0.6) is 0 Å². The van der Waals surface area contributed by atoms with E-state index in [-0.39, 0.29) is 75.7 Å². The number of hydrogen-bond donors (Lipinski definition) is 0. The third-order valence-electron chi connectivity index (χ3n) is 26.2. The highest BCUT2D eigenvalue weighted by atomic mass is 14.7. The molecule has 0 heteroatoms. The molecular weight excluding hydrogens is 1060 g/mol. The van der Waals surface area contributed by atoms with Gasteiger partial charge in [-0.2, -0.15) is 0 Å². The Morgan fingerprint density at radius 2 is 0.557 bits per heavy atom. The maximum atomic E-state index is 3.00. The molecule has 0 heterocycles. The second-order valence-corrected chi connectivity index (χ2v) is 35.3. The van der Waals surface area contributed by atoms with Crippen molar-refractivity contribution in [2.75, 3.05) is 0 Å². The SMILES string of the molecule is C.C.C.C.C.C.C.C.CC(C)C1CCCCC1.CC(C)C1CCCCC1.CCCC(C)CC(C)CC(C)CC(C)CC(C)CC(C)(C)C(C)(CC1CCC(C(C)C)CC1)C(C)(CC1CCC(C(C)C)CC1)C(C)(CC(C)CC)CC1CCC(C(C)C)CC1. The van der Waals surface area contributed by atoms with E-state index >= 15 is 0 Å². The zero-order valence-corrected chi connectivity index (χ0v) is 60.0. The second-order valence-electron chi connectivity index (χ2n) is 35.3. The topological polar surface area (TPSA) is 0 Å². The van der Waals surface area contributed by atoms with Gasteiger partial charge in [-0.25, -0.2) is 0 Å². The van der Waals surface area contributed by atoms with Crippen LogP contribution in [-0.2, 0) is 0 Å². The molecule has 0 radical (unpaired) electrons. The predicted octanol–water partition coefficient (Wildman–Crippen LogP) is 32.5. The predicted molar refractivity (Wildman–Crippen MR) is 417 cm³/mol. The van der Waals surface area contributed by atoms with Gasteiger partial charge in [0.2, 0.25) is 0 Å². The van der Waals surface area contributed by atoms with Crippen LogP contribution in [0, 0.1) is 134 Å². The van der Waals surface area contributed by atoms with Crippen LogP contribution in [0.3, 0.4) is 0 Å². The molecule has 9 atom stereocenters. The lowest BCUT2D eigenvalue weighted by molar-refractivity contribution is -0.173. The number of rotatable bonds is 29. The van der Waals surface area contributed by atoms with Crippen molar-refractivity contribution in [3.63, 3.8) is 0 Å². The molecule has 0 aliphatic heterocycles. The van der Waals surface area contributed by atoms with Gasteiger partial charge in [0.05, 0.1) is 0 Å². The van der Waals surface area contributed by atoms with Crippen LogP contribution < -0.4 is 0 Å². The third-order valence-corrected chi connectivity index (χ3v) is 26.2. The molecule has 5 aliphatic rings. The van der Waals surface area contributed by atoms with Crippen LogP contribution in [0.1, 0.15) is 437 Å². The molecule has 5 fully saturated rings. The van der Waals surface area contributed by atoms with Crippen molar-refractivity contribution in [1.82, 2.24) is 0 Å². The molecule has 5 rings (SSSR count). The average Bonchev–Trinajstić information content (AvgIpc) is 3.39. The summed E-state index contributed by atoms with van der Waals surface area (Å²) in [6, 6.07) is 0. The van der Waals surface area contributed by atoms with Gasteiger partial charge in [-0.15, -0.1) is 0 Å². The Morgan fingerprint density at radius 3 is 0.841 bits per heavy atom. The molecule has 540 valence electrons. The van der Waals surface area contributed by atoms with Crippen LogP contribution in [0.25, 0.3) is 0 Å². The van der Waals surface area contributed by atoms with E-state index in [0.29, 0.717) is 5.41 Å². The summed E-state index contributed by atoms with van der Waals surface area (Å²) in [5.41, 5.74) is 1.17. The van der Waals surface area contributed by atoms with Gasteiger partial charge in [-0.05, 0) is 230 Å². The lowest BCUT2D eigenvalue weighted by Gasteiger charge is -2.66. The van der Waals surface area contributed by atoms with Crippen LogP contribution in [0.4, 0.5) is 0 Å². The van der Waals surface area contributed by atoms with E-state index in [1.165, 1.54) is 218 Å². The Morgan fingerprint density at radius 1 is 0.284 bits per heavy atom. The zero-order valence-electron chi connectivity index (χ0n) is 60.0. The van der Waals surface area contributed by atoms with Crippen molar-refractivity contribution in [2.24, 2.45) is 134 Å². The smallest absolute Gasteiger partial charge is 0.0210 e. The molecule has 0 spiro atoms. The summed E-state index contributed by atoms with van der Waals surface area (Å²) in [5, 5.41) is 0. The molecule has 5 saturated carbocycles. The highest BCUT2D eigenvalue weighted by molar-refractivity contribution is 5.11. The molecule has 0 nitrogen and oxygen atoms in total. The van der Waals surface area contributed by atoms with Crippen molar-refractivity contribution >= 4 is 0 Å². The van der Waals surface area contributed by atoms with Gasteiger partial charge in [0.25, 0.3) is 0 Å². The first kappa shape index (κ1) is 99.1. The summed E-state index contributed by atoms with van der Waals surface area (Å²) >= 11 is 0. The van der Waals surface area contributed by atoms with Crippen LogP contribution >= 0.6 is 0 Å². The molecule has 0 bridgehead atoms. The maximum Gasteiger partial charge on any atom is -0.0210 e. The Balaban J connectivity index is -0.000000551. The fourth-order valence-corrected chi connectivity index (χ4v) is 20.2. The summed E-state index contributed by atoms with van der Waals surface area (Å²) in [7, 11) is 0. The second kappa shape index (κ2) is 48.7. The van der Waals surface area contributed by atoms with E-state index in [0.717, 1.165) is 112 Å². The van der Waals surface area contributed by atoms with Crippen molar-refractivity contribution in [2.45, 2.75) is 437 Å². The minimum atomic E-state index is 0. The fourth-order valence-electron chi connectivity index (χ4n) is 20.2.